The van der Waals surface area contributed by atoms with E-state index in [1.165, 1.54) is 44.1 Å². The molecule has 0 unspecified atom stereocenters. The van der Waals surface area contributed by atoms with E-state index < -0.39 is 0 Å². The molecule has 0 radical (unpaired) electrons. The van der Waals surface area contributed by atoms with Crippen molar-refractivity contribution in [1.82, 2.24) is 14.5 Å². The molecular formula is C43H29N3O. The van der Waals surface area contributed by atoms with Gasteiger partial charge < -0.3 is 8.98 Å². The van der Waals surface area contributed by atoms with Crippen LogP contribution in [0.3, 0.4) is 0 Å². The molecule has 47 heavy (non-hydrogen) atoms. The highest BCUT2D eigenvalue weighted by Gasteiger charge is 2.38. The Hall–Kier alpha value is -6.00. The fraction of sp³-hybridized carbons (Fsp3) is 0.0698. The second-order valence-corrected chi connectivity index (χ2v) is 13.0. The maximum atomic E-state index is 6.70. The van der Waals surface area contributed by atoms with Crippen molar-refractivity contribution >= 4 is 43.9 Å². The molecule has 4 nitrogen and oxygen atoms in total. The summed E-state index contributed by atoms with van der Waals surface area (Å²) in [6.45, 7) is 4.72. The van der Waals surface area contributed by atoms with Gasteiger partial charge in [-0.25, -0.2) is 9.97 Å². The number of hydrogen-bond acceptors (Lipinski definition) is 3. The van der Waals surface area contributed by atoms with E-state index in [0.717, 1.165) is 39.0 Å². The first-order chi connectivity index (χ1) is 23.1. The van der Waals surface area contributed by atoms with Crippen LogP contribution >= 0.6 is 0 Å². The minimum absolute atomic E-state index is 0.119. The van der Waals surface area contributed by atoms with E-state index in [4.69, 9.17) is 14.4 Å². The second kappa shape index (κ2) is 9.51. The van der Waals surface area contributed by atoms with Crippen LogP contribution in [-0.4, -0.2) is 14.5 Å². The molecule has 9 aromatic rings. The molecule has 10 rings (SSSR count). The van der Waals surface area contributed by atoms with Crippen molar-refractivity contribution in [3.8, 4) is 39.5 Å². The van der Waals surface area contributed by atoms with Crippen molar-refractivity contribution < 1.29 is 4.42 Å². The maximum absolute atomic E-state index is 6.70. The third-order valence-corrected chi connectivity index (χ3v) is 9.99. The minimum Gasteiger partial charge on any atom is -0.452 e. The molecule has 0 fully saturated rings. The highest BCUT2D eigenvalue weighted by Crippen LogP contribution is 2.53. The van der Waals surface area contributed by atoms with Gasteiger partial charge in [-0.05, 0) is 46.5 Å². The van der Waals surface area contributed by atoms with Crippen LogP contribution in [-0.2, 0) is 5.41 Å². The maximum Gasteiger partial charge on any atom is 0.180 e. The van der Waals surface area contributed by atoms with Gasteiger partial charge in [0.05, 0.1) is 11.0 Å². The Balaban J connectivity index is 1.24. The lowest BCUT2D eigenvalue weighted by Crippen LogP contribution is -2.15. The van der Waals surface area contributed by atoms with E-state index in [0.29, 0.717) is 11.4 Å². The van der Waals surface area contributed by atoms with Gasteiger partial charge in [-0.2, -0.15) is 0 Å². The number of fused-ring (bicyclic) bond motifs is 10. The molecule has 1 aliphatic rings. The van der Waals surface area contributed by atoms with E-state index in [9.17, 15) is 0 Å². The average Bonchev–Trinajstić information content (AvgIpc) is 3.74. The van der Waals surface area contributed by atoms with Crippen molar-refractivity contribution in [3.63, 3.8) is 0 Å². The summed E-state index contributed by atoms with van der Waals surface area (Å²) in [6, 6.07) is 49.1. The van der Waals surface area contributed by atoms with Crippen LogP contribution in [0.2, 0.25) is 0 Å². The summed E-state index contributed by atoms with van der Waals surface area (Å²) in [5.41, 5.74) is 13.8. The summed E-state index contributed by atoms with van der Waals surface area (Å²) in [5, 5.41) is 3.54. The largest absolute Gasteiger partial charge is 0.452 e. The van der Waals surface area contributed by atoms with Gasteiger partial charge in [-0.3, -0.25) is 0 Å². The fourth-order valence-electron chi connectivity index (χ4n) is 7.89. The van der Waals surface area contributed by atoms with E-state index >= 15 is 0 Å². The molecule has 3 aromatic heterocycles. The van der Waals surface area contributed by atoms with Crippen LogP contribution in [0, 0.1) is 0 Å². The Morgan fingerprint density at radius 2 is 1.32 bits per heavy atom. The Bertz CT molecular complexity index is 2700. The zero-order chi connectivity index (χ0) is 31.3. The number of aromatic nitrogens is 3. The summed E-state index contributed by atoms with van der Waals surface area (Å²) in [6.07, 6.45) is 0. The molecule has 3 heterocycles. The van der Waals surface area contributed by atoms with E-state index in [2.05, 4.69) is 122 Å². The SMILES string of the molecule is CC1(C)c2ccccc2-c2ccc3c(c21)c1ccccc1n3-c1ccc2c(c1)oc1c(-c3ccccc3)nc(-c3ccccc3)nc12. The topological polar surface area (TPSA) is 43.9 Å². The van der Waals surface area contributed by atoms with Crippen molar-refractivity contribution in [2.75, 3.05) is 0 Å². The summed E-state index contributed by atoms with van der Waals surface area (Å²) in [5.74, 6) is 0.684. The Kier molecular flexibility index (Phi) is 5.31. The van der Waals surface area contributed by atoms with Crippen LogP contribution in [0.1, 0.15) is 25.0 Å². The lowest BCUT2D eigenvalue weighted by molar-refractivity contribution is 0.666. The first kappa shape index (κ1) is 26.2. The molecule has 0 saturated carbocycles. The van der Waals surface area contributed by atoms with Gasteiger partial charge in [0.25, 0.3) is 0 Å². The first-order valence-corrected chi connectivity index (χ1v) is 16.1. The van der Waals surface area contributed by atoms with Gasteiger partial charge in [0.15, 0.2) is 11.4 Å². The van der Waals surface area contributed by atoms with Crippen LogP contribution in [0.5, 0.6) is 0 Å². The highest BCUT2D eigenvalue weighted by atomic mass is 16.3. The molecule has 0 N–H and O–H groups in total. The molecule has 1 aliphatic carbocycles. The van der Waals surface area contributed by atoms with Gasteiger partial charge in [-0.15, -0.1) is 0 Å². The van der Waals surface area contributed by atoms with Crippen molar-refractivity contribution in [2.45, 2.75) is 19.3 Å². The van der Waals surface area contributed by atoms with Gasteiger partial charge >= 0.3 is 0 Å². The standard InChI is InChI=1S/C43H29N3O/c1-43(2)33-19-11-9-17-29(33)30-23-24-35-37(38(30)43)31-18-10-12-20-34(31)46(35)28-21-22-32-36(25-28)47-41-39(26-13-5-3-6-14-26)44-42(45-40(32)41)27-15-7-4-8-16-27/h3-25H,1-2H3. The van der Waals surface area contributed by atoms with Crippen molar-refractivity contribution in [2.24, 2.45) is 0 Å². The first-order valence-electron chi connectivity index (χ1n) is 16.1. The smallest absolute Gasteiger partial charge is 0.180 e. The highest BCUT2D eigenvalue weighted by molar-refractivity contribution is 6.15. The number of benzene rings is 6. The van der Waals surface area contributed by atoms with Crippen LogP contribution in [0.25, 0.3) is 83.3 Å². The number of para-hydroxylation sites is 1. The molecule has 0 atom stereocenters. The van der Waals surface area contributed by atoms with E-state index in [1.54, 1.807) is 0 Å². The van der Waals surface area contributed by atoms with E-state index in [-0.39, 0.29) is 5.41 Å². The molecule has 222 valence electrons. The molecule has 4 heteroatoms. The van der Waals surface area contributed by atoms with E-state index in [1.807, 2.05) is 36.4 Å². The monoisotopic (exact) mass is 603 g/mol. The quantitative estimate of drug-likeness (QED) is 0.202. The lowest BCUT2D eigenvalue weighted by Gasteiger charge is -2.22. The number of rotatable bonds is 3. The van der Waals surface area contributed by atoms with Gasteiger partial charge in [0.1, 0.15) is 16.8 Å². The molecule has 0 bridgehead atoms. The predicted octanol–water partition coefficient (Wildman–Crippen LogP) is 11.1. The van der Waals surface area contributed by atoms with Crippen molar-refractivity contribution in [1.29, 1.82) is 0 Å². The molecule has 0 aliphatic heterocycles. The Morgan fingerprint density at radius 3 is 2.15 bits per heavy atom. The van der Waals surface area contributed by atoms with Crippen LogP contribution < -0.4 is 0 Å². The third kappa shape index (κ3) is 3.64. The Labute approximate surface area is 271 Å². The van der Waals surface area contributed by atoms with Crippen molar-refractivity contribution in [3.05, 3.63) is 151 Å². The summed E-state index contributed by atoms with van der Waals surface area (Å²) >= 11 is 0. The summed E-state index contributed by atoms with van der Waals surface area (Å²) in [4.78, 5) is 10.1. The van der Waals surface area contributed by atoms with Crippen LogP contribution in [0.15, 0.2) is 144 Å². The van der Waals surface area contributed by atoms with Gasteiger partial charge in [0, 0.05) is 44.5 Å². The van der Waals surface area contributed by atoms with Crippen LogP contribution in [0.4, 0.5) is 0 Å². The number of hydrogen-bond donors (Lipinski definition) is 0. The minimum atomic E-state index is -0.119. The zero-order valence-corrected chi connectivity index (χ0v) is 26.0. The predicted molar refractivity (Wildman–Crippen MR) is 192 cm³/mol. The molecule has 6 aromatic carbocycles. The number of nitrogens with zero attached hydrogens (tertiary/aromatic N) is 3. The van der Waals surface area contributed by atoms with Gasteiger partial charge in [-0.1, -0.05) is 123 Å². The zero-order valence-electron chi connectivity index (χ0n) is 26.0. The third-order valence-electron chi connectivity index (χ3n) is 9.99. The summed E-state index contributed by atoms with van der Waals surface area (Å²) in [7, 11) is 0. The summed E-state index contributed by atoms with van der Waals surface area (Å²) < 4.78 is 9.09. The molecule has 0 spiro atoms. The molecule has 0 saturated heterocycles. The number of furan rings is 1. The molecule has 0 amide bonds. The second-order valence-electron chi connectivity index (χ2n) is 13.0. The fourth-order valence-corrected chi connectivity index (χ4v) is 7.89. The Morgan fingerprint density at radius 1 is 0.596 bits per heavy atom. The average molecular weight is 604 g/mol. The van der Waals surface area contributed by atoms with Gasteiger partial charge in [0.2, 0.25) is 0 Å². The molecular weight excluding hydrogens is 574 g/mol. The lowest BCUT2D eigenvalue weighted by atomic mass is 9.80. The normalized spacial score (nSPS) is 13.5.